The van der Waals surface area contributed by atoms with Crippen LogP contribution in [0.25, 0.3) is 27.8 Å². The molecule has 0 amide bonds. The summed E-state index contributed by atoms with van der Waals surface area (Å²) in [6.07, 6.45) is 1.21. The van der Waals surface area contributed by atoms with E-state index in [1.807, 2.05) is 48.5 Å². The molecule has 0 saturated heterocycles. The van der Waals surface area contributed by atoms with Crippen molar-refractivity contribution in [3.05, 3.63) is 83.9 Å². The maximum atomic E-state index is 11.7. The van der Waals surface area contributed by atoms with Crippen LogP contribution in [0.5, 0.6) is 0 Å². The summed E-state index contributed by atoms with van der Waals surface area (Å²) in [6, 6.07) is 24.9. The second kappa shape index (κ2) is 6.31. The van der Waals surface area contributed by atoms with Gasteiger partial charge in [0, 0.05) is 22.4 Å². The maximum Gasteiger partial charge on any atom is 0.175 e. The summed E-state index contributed by atoms with van der Waals surface area (Å²) < 4.78 is 25.6. The highest BCUT2D eigenvalue weighted by Gasteiger charge is 2.14. The number of fused-ring (bicyclic) bond motifs is 1. The predicted molar refractivity (Wildman–Crippen MR) is 107 cm³/mol. The third kappa shape index (κ3) is 3.02. The molecule has 4 aromatic rings. The third-order valence-corrected chi connectivity index (χ3v) is 5.72. The molecule has 1 aromatic heterocycles. The molecule has 26 heavy (non-hydrogen) atoms. The number of hydrogen-bond acceptors (Lipinski definition) is 2. The van der Waals surface area contributed by atoms with Crippen molar-refractivity contribution < 1.29 is 8.42 Å². The lowest BCUT2D eigenvalue weighted by molar-refractivity contribution is 0.602. The number of aromatic nitrogens is 1. The zero-order chi connectivity index (χ0) is 18.3. The highest BCUT2D eigenvalue weighted by molar-refractivity contribution is 7.90. The first-order valence-electron chi connectivity index (χ1n) is 8.10. The van der Waals surface area contributed by atoms with Gasteiger partial charge in [-0.2, -0.15) is 0 Å². The van der Waals surface area contributed by atoms with Crippen molar-refractivity contribution in [1.82, 2.24) is 4.57 Å². The van der Waals surface area contributed by atoms with E-state index in [0.717, 1.165) is 27.8 Å². The number of nitrogens with zero attached hydrogens (tertiary/aromatic N) is 1. The lowest BCUT2D eigenvalue weighted by atomic mass is 10.1. The van der Waals surface area contributed by atoms with Gasteiger partial charge in [-0.25, -0.2) is 8.42 Å². The number of hydrogen-bond donors (Lipinski definition) is 0. The zero-order valence-electron chi connectivity index (χ0n) is 14.1. The van der Waals surface area contributed by atoms with E-state index in [0.29, 0.717) is 9.92 Å². The first kappa shape index (κ1) is 16.9. The van der Waals surface area contributed by atoms with Gasteiger partial charge in [0.25, 0.3) is 0 Å². The maximum absolute atomic E-state index is 11.7. The van der Waals surface area contributed by atoms with Gasteiger partial charge in [0.15, 0.2) is 9.84 Å². The Morgan fingerprint density at radius 3 is 2.27 bits per heavy atom. The summed E-state index contributed by atoms with van der Waals surface area (Å²) in [5.41, 5.74) is 3.94. The number of rotatable bonds is 3. The number of sulfone groups is 1. The summed E-state index contributed by atoms with van der Waals surface area (Å²) in [4.78, 5) is 0.312. The molecule has 0 aliphatic carbocycles. The number of para-hydroxylation sites is 1. The molecule has 0 atom stereocenters. The summed E-state index contributed by atoms with van der Waals surface area (Å²) in [5, 5.41) is 1.77. The Kier molecular flexibility index (Phi) is 4.10. The normalized spacial score (nSPS) is 11.8. The Morgan fingerprint density at radius 1 is 0.846 bits per heavy atom. The molecule has 0 aliphatic rings. The van der Waals surface area contributed by atoms with Crippen LogP contribution in [0.15, 0.2) is 83.8 Å². The van der Waals surface area contributed by atoms with Crippen molar-refractivity contribution in [3.63, 3.8) is 0 Å². The highest BCUT2D eigenvalue weighted by atomic mass is 35.5. The predicted octanol–water partition coefficient (Wildman–Crippen LogP) is 5.35. The molecule has 130 valence electrons. The molecule has 4 rings (SSSR count). The largest absolute Gasteiger partial charge is 0.309 e. The van der Waals surface area contributed by atoms with E-state index in [9.17, 15) is 8.42 Å². The molecule has 0 fully saturated rings. The van der Waals surface area contributed by atoms with Gasteiger partial charge in [0.2, 0.25) is 0 Å². The molecule has 0 radical (unpaired) electrons. The Hall–Kier alpha value is -2.56. The molecule has 3 nitrogen and oxygen atoms in total. The Balaban J connectivity index is 1.97. The molecule has 0 bridgehead atoms. The lowest BCUT2D eigenvalue weighted by Crippen LogP contribution is -1.98. The van der Waals surface area contributed by atoms with Gasteiger partial charge in [-0.3, -0.25) is 0 Å². The Morgan fingerprint density at radius 2 is 1.58 bits per heavy atom. The van der Waals surface area contributed by atoms with E-state index >= 15 is 0 Å². The summed E-state index contributed by atoms with van der Waals surface area (Å²) in [5.74, 6) is 0. The summed E-state index contributed by atoms with van der Waals surface area (Å²) in [6.45, 7) is 0. The van der Waals surface area contributed by atoms with Crippen LogP contribution in [0.1, 0.15) is 0 Å². The smallest absolute Gasteiger partial charge is 0.175 e. The standard InChI is InChI=1S/C21H16ClNO2S/c1-26(24,25)19-11-9-15(10-12-19)21-13-16-5-2-3-8-20(16)23(21)18-7-4-6-17(22)14-18/h2-14H,1H3. The van der Waals surface area contributed by atoms with Crippen LogP contribution >= 0.6 is 11.6 Å². The van der Waals surface area contributed by atoms with Gasteiger partial charge in [0.05, 0.1) is 16.1 Å². The molecule has 1 heterocycles. The third-order valence-electron chi connectivity index (χ3n) is 4.36. The minimum Gasteiger partial charge on any atom is -0.309 e. The van der Waals surface area contributed by atoms with E-state index < -0.39 is 9.84 Å². The fourth-order valence-electron chi connectivity index (χ4n) is 3.13. The van der Waals surface area contributed by atoms with Crippen LogP contribution in [-0.4, -0.2) is 19.2 Å². The SMILES string of the molecule is CS(=O)(=O)c1ccc(-c2cc3ccccc3n2-c2cccc(Cl)c2)cc1. The molecule has 0 aliphatic heterocycles. The molecular formula is C21H16ClNO2S. The van der Waals surface area contributed by atoms with E-state index in [1.54, 1.807) is 12.1 Å². The van der Waals surface area contributed by atoms with E-state index in [-0.39, 0.29) is 0 Å². The van der Waals surface area contributed by atoms with Gasteiger partial charge in [-0.1, -0.05) is 48.0 Å². The molecule has 0 saturated carbocycles. The number of halogens is 1. The van der Waals surface area contributed by atoms with Crippen molar-refractivity contribution in [2.75, 3.05) is 6.26 Å². The van der Waals surface area contributed by atoms with Crippen LogP contribution in [-0.2, 0) is 9.84 Å². The van der Waals surface area contributed by atoms with Crippen LogP contribution in [0.3, 0.4) is 0 Å². The fraction of sp³-hybridized carbons (Fsp3) is 0.0476. The van der Waals surface area contributed by atoms with Gasteiger partial charge in [0.1, 0.15) is 0 Å². The van der Waals surface area contributed by atoms with Crippen molar-refractivity contribution in [3.8, 4) is 16.9 Å². The zero-order valence-corrected chi connectivity index (χ0v) is 15.6. The topological polar surface area (TPSA) is 39.1 Å². The van der Waals surface area contributed by atoms with Gasteiger partial charge < -0.3 is 4.57 Å². The first-order valence-corrected chi connectivity index (χ1v) is 10.4. The Labute approximate surface area is 157 Å². The highest BCUT2D eigenvalue weighted by Crippen LogP contribution is 2.32. The Bertz CT molecular complexity index is 1210. The minimum absolute atomic E-state index is 0.312. The van der Waals surface area contributed by atoms with Gasteiger partial charge >= 0.3 is 0 Å². The summed E-state index contributed by atoms with van der Waals surface area (Å²) in [7, 11) is -3.22. The lowest BCUT2D eigenvalue weighted by Gasteiger charge is -2.12. The molecule has 5 heteroatoms. The monoisotopic (exact) mass is 381 g/mol. The van der Waals surface area contributed by atoms with Crippen molar-refractivity contribution in [2.45, 2.75) is 4.90 Å². The van der Waals surface area contributed by atoms with Crippen molar-refractivity contribution >= 4 is 32.3 Å². The quantitative estimate of drug-likeness (QED) is 0.479. The van der Waals surface area contributed by atoms with Gasteiger partial charge in [-0.05, 0) is 48.0 Å². The molecule has 0 unspecified atom stereocenters. The average molecular weight is 382 g/mol. The average Bonchev–Trinajstić information content (AvgIpc) is 3.00. The van der Waals surface area contributed by atoms with E-state index in [4.69, 9.17) is 11.6 Å². The molecule has 3 aromatic carbocycles. The van der Waals surface area contributed by atoms with Crippen LogP contribution in [0, 0.1) is 0 Å². The van der Waals surface area contributed by atoms with Crippen LogP contribution < -0.4 is 0 Å². The first-order chi connectivity index (χ1) is 12.4. The second-order valence-corrected chi connectivity index (χ2v) is 8.65. The van der Waals surface area contributed by atoms with E-state index in [2.05, 4.69) is 22.8 Å². The number of benzene rings is 3. The van der Waals surface area contributed by atoms with Crippen LogP contribution in [0.2, 0.25) is 5.02 Å². The fourth-order valence-corrected chi connectivity index (χ4v) is 3.95. The molecule has 0 N–H and O–H groups in total. The molecular weight excluding hydrogens is 366 g/mol. The van der Waals surface area contributed by atoms with Gasteiger partial charge in [-0.15, -0.1) is 0 Å². The van der Waals surface area contributed by atoms with Crippen LogP contribution in [0.4, 0.5) is 0 Å². The summed E-state index contributed by atoms with van der Waals surface area (Å²) >= 11 is 6.20. The molecule has 0 spiro atoms. The van der Waals surface area contributed by atoms with Crippen molar-refractivity contribution in [2.24, 2.45) is 0 Å². The minimum atomic E-state index is -3.22. The second-order valence-electron chi connectivity index (χ2n) is 6.20. The van der Waals surface area contributed by atoms with E-state index in [1.165, 1.54) is 6.26 Å². The van der Waals surface area contributed by atoms with Crippen molar-refractivity contribution in [1.29, 1.82) is 0 Å².